The Morgan fingerprint density at radius 3 is 2.47 bits per heavy atom. The Balaban J connectivity index is 2.91. The molecule has 0 fully saturated rings. The van der Waals surface area contributed by atoms with Crippen LogP contribution in [0.2, 0.25) is 0 Å². The van der Waals surface area contributed by atoms with Crippen molar-refractivity contribution in [2.24, 2.45) is 5.92 Å². The van der Waals surface area contributed by atoms with E-state index in [-0.39, 0.29) is 17.9 Å². The normalized spacial score (nSPS) is 13.5. The fourth-order valence-electron chi connectivity index (χ4n) is 1.80. The Morgan fingerprint density at radius 2 is 1.95 bits per heavy atom. The van der Waals surface area contributed by atoms with Gasteiger partial charge in [0.2, 0.25) is 5.91 Å². The van der Waals surface area contributed by atoms with Gasteiger partial charge in [0.1, 0.15) is 11.5 Å². The Labute approximate surface area is 115 Å². The van der Waals surface area contributed by atoms with Crippen molar-refractivity contribution < 1.29 is 14.3 Å². The molecule has 0 spiro atoms. The lowest BCUT2D eigenvalue weighted by atomic mass is 10.0. The summed E-state index contributed by atoms with van der Waals surface area (Å²) in [5.74, 6) is 1.57. The molecular formula is C15H23NO3. The van der Waals surface area contributed by atoms with Gasteiger partial charge in [-0.25, -0.2) is 0 Å². The molecule has 19 heavy (non-hydrogen) atoms. The number of methoxy groups -OCH3 is 2. The zero-order valence-electron chi connectivity index (χ0n) is 12.3. The Bertz CT molecular complexity index is 431. The summed E-state index contributed by atoms with van der Waals surface area (Å²) in [4.78, 5) is 11.9. The third-order valence-electron chi connectivity index (χ3n) is 3.32. The molecule has 0 radical (unpaired) electrons. The topological polar surface area (TPSA) is 47.6 Å². The molecular weight excluding hydrogens is 242 g/mol. The molecule has 1 amide bonds. The van der Waals surface area contributed by atoms with Crippen LogP contribution in [0.4, 0.5) is 0 Å². The second-order valence-electron chi connectivity index (χ2n) is 4.65. The van der Waals surface area contributed by atoms with Crippen molar-refractivity contribution in [3.63, 3.8) is 0 Å². The molecule has 1 aromatic carbocycles. The van der Waals surface area contributed by atoms with Gasteiger partial charge in [-0.1, -0.05) is 13.8 Å². The van der Waals surface area contributed by atoms with Crippen molar-refractivity contribution in [3.8, 4) is 11.5 Å². The number of hydrogen-bond acceptors (Lipinski definition) is 3. The van der Waals surface area contributed by atoms with Gasteiger partial charge in [0, 0.05) is 11.5 Å². The van der Waals surface area contributed by atoms with Crippen LogP contribution in [0.1, 0.15) is 38.8 Å². The van der Waals surface area contributed by atoms with Crippen molar-refractivity contribution in [2.75, 3.05) is 14.2 Å². The van der Waals surface area contributed by atoms with Crippen molar-refractivity contribution >= 4 is 5.91 Å². The molecule has 0 aliphatic rings. The van der Waals surface area contributed by atoms with Gasteiger partial charge < -0.3 is 14.8 Å². The summed E-state index contributed by atoms with van der Waals surface area (Å²) in [6.45, 7) is 5.86. The maximum absolute atomic E-state index is 11.9. The number of carbonyl (C=O) groups is 1. The second-order valence-corrected chi connectivity index (χ2v) is 4.65. The molecule has 0 heterocycles. The third-order valence-corrected chi connectivity index (χ3v) is 3.32. The number of nitrogens with one attached hydrogen (secondary N) is 1. The number of rotatable bonds is 6. The van der Waals surface area contributed by atoms with E-state index >= 15 is 0 Å². The molecule has 106 valence electrons. The number of hydrogen-bond donors (Lipinski definition) is 1. The summed E-state index contributed by atoms with van der Waals surface area (Å²) in [7, 11) is 3.24. The molecule has 0 saturated carbocycles. The first-order valence-corrected chi connectivity index (χ1v) is 6.55. The van der Waals surface area contributed by atoms with Crippen LogP contribution in [-0.4, -0.2) is 20.1 Å². The molecule has 0 saturated heterocycles. The van der Waals surface area contributed by atoms with Crippen LogP contribution < -0.4 is 14.8 Å². The maximum Gasteiger partial charge on any atom is 0.223 e. The highest BCUT2D eigenvalue weighted by Gasteiger charge is 2.17. The van der Waals surface area contributed by atoms with E-state index in [4.69, 9.17) is 9.47 Å². The van der Waals surface area contributed by atoms with Gasteiger partial charge in [0.05, 0.1) is 20.3 Å². The molecule has 0 aromatic heterocycles. The average molecular weight is 265 g/mol. The molecule has 1 N–H and O–H groups in total. The second kappa shape index (κ2) is 7.02. The van der Waals surface area contributed by atoms with Gasteiger partial charge in [-0.15, -0.1) is 0 Å². The minimum absolute atomic E-state index is 0.0130. The average Bonchev–Trinajstić information content (AvgIpc) is 2.45. The lowest BCUT2D eigenvalue weighted by molar-refractivity contribution is -0.125. The van der Waals surface area contributed by atoms with Crippen LogP contribution in [0, 0.1) is 5.92 Å². The van der Waals surface area contributed by atoms with E-state index in [1.54, 1.807) is 14.2 Å². The van der Waals surface area contributed by atoms with Gasteiger partial charge in [0.15, 0.2) is 0 Å². The van der Waals surface area contributed by atoms with Crippen molar-refractivity contribution in [1.29, 1.82) is 0 Å². The summed E-state index contributed by atoms with van der Waals surface area (Å²) < 4.78 is 10.5. The SMILES string of the molecule is CCC(C)C(=O)NC(C)c1cc(OC)ccc1OC. The number of carbonyl (C=O) groups excluding carboxylic acids is 1. The van der Waals surface area contributed by atoms with Crippen LogP contribution in [0.5, 0.6) is 11.5 Å². The van der Waals surface area contributed by atoms with Crippen LogP contribution in [-0.2, 0) is 4.79 Å². The van der Waals surface area contributed by atoms with E-state index in [1.807, 2.05) is 39.0 Å². The van der Waals surface area contributed by atoms with E-state index in [9.17, 15) is 4.79 Å². The summed E-state index contributed by atoms with van der Waals surface area (Å²) >= 11 is 0. The van der Waals surface area contributed by atoms with E-state index in [2.05, 4.69) is 5.32 Å². The van der Waals surface area contributed by atoms with Gasteiger partial charge in [-0.2, -0.15) is 0 Å². The Hall–Kier alpha value is -1.71. The fraction of sp³-hybridized carbons (Fsp3) is 0.533. The number of ether oxygens (including phenoxy) is 2. The molecule has 0 aliphatic carbocycles. The maximum atomic E-state index is 11.9. The highest BCUT2D eigenvalue weighted by atomic mass is 16.5. The quantitative estimate of drug-likeness (QED) is 0.860. The van der Waals surface area contributed by atoms with Gasteiger partial charge >= 0.3 is 0 Å². The molecule has 2 unspecified atom stereocenters. The fourth-order valence-corrected chi connectivity index (χ4v) is 1.80. The number of amides is 1. The standard InChI is InChI=1S/C15H23NO3/c1-6-10(2)15(17)16-11(3)13-9-12(18-4)7-8-14(13)19-5/h7-11H,6H2,1-5H3,(H,16,17). The molecule has 4 nitrogen and oxygen atoms in total. The van der Waals surface area contributed by atoms with Crippen LogP contribution in [0.15, 0.2) is 18.2 Å². The molecule has 1 rings (SSSR count). The summed E-state index contributed by atoms with van der Waals surface area (Å²) in [6.07, 6.45) is 0.827. The van der Waals surface area contributed by atoms with Gasteiger partial charge in [-0.05, 0) is 31.5 Å². The zero-order chi connectivity index (χ0) is 14.4. The van der Waals surface area contributed by atoms with E-state index in [0.29, 0.717) is 0 Å². The zero-order valence-corrected chi connectivity index (χ0v) is 12.3. The van der Waals surface area contributed by atoms with E-state index < -0.39 is 0 Å². The van der Waals surface area contributed by atoms with Gasteiger partial charge in [-0.3, -0.25) is 4.79 Å². The first-order chi connectivity index (χ1) is 9.03. The largest absolute Gasteiger partial charge is 0.497 e. The Kier molecular flexibility index (Phi) is 5.67. The lowest BCUT2D eigenvalue weighted by Crippen LogP contribution is -2.31. The highest BCUT2D eigenvalue weighted by Crippen LogP contribution is 2.29. The van der Waals surface area contributed by atoms with E-state index in [0.717, 1.165) is 23.5 Å². The van der Waals surface area contributed by atoms with Crippen molar-refractivity contribution in [2.45, 2.75) is 33.2 Å². The first kappa shape index (κ1) is 15.3. The summed E-state index contributed by atoms with van der Waals surface area (Å²) in [5.41, 5.74) is 0.915. The summed E-state index contributed by atoms with van der Waals surface area (Å²) in [5, 5.41) is 3.00. The minimum Gasteiger partial charge on any atom is -0.497 e. The third kappa shape index (κ3) is 3.88. The van der Waals surface area contributed by atoms with Gasteiger partial charge in [0.25, 0.3) is 0 Å². The smallest absolute Gasteiger partial charge is 0.223 e. The van der Waals surface area contributed by atoms with Crippen LogP contribution >= 0.6 is 0 Å². The predicted molar refractivity (Wildman–Crippen MR) is 75.6 cm³/mol. The molecule has 4 heteroatoms. The minimum atomic E-state index is -0.119. The first-order valence-electron chi connectivity index (χ1n) is 6.55. The lowest BCUT2D eigenvalue weighted by Gasteiger charge is -2.20. The Morgan fingerprint density at radius 1 is 1.26 bits per heavy atom. The molecule has 1 aromatic rings. The summed E-state index contributed by atoms with van der Waals surface area (Å²) in [6, 6.07) is 5.46. The van der Waals surface area contributed by atoms with Crippen molar-refractivity contribution in [1.82, 2.24) is 5.32 Å². The monoisotopic (exact) mass is 265 g/mol. The highest BCUT2D eigenvalue weighted by molar-refractivity contribution is 5.78. The van der Waals surface area contributed by atoms with Crippen LogP contribution in [0.3, 0.4) is 0 Å². The van der Waals surface area contributed by atoms with Crippen molar-refractivity contribution in [3.05, 3.63) is 23.8 Å². The molecule has 2 atom stereocenters. The van der Waals surface area contributed by atoms with E-state index in [1.165, 1.54) is 0 Å². The predicted octanol–water partition coefficient (Wildman–Crippen LogP) is 2.93. The number of benzene rings is 1. The van der Waals surface area contributed by atoms with Crippen LogP contribution in [0.25, 0.3) is 0 Å². The molecule has 0 aliphatic heterocycles. The molecule has 0 bridgehead atoms.